The molecule has 0 saturated heterocycles. The smallest absolute Gasteiger partial charge is 0.372 e. The lowest BCUT2D eigenvalue weighted by Crippen LogP contribution is -2.17. The van der Waals surface area contributed by atoms with Gasteiger partial charge in [0.05, 0.1) is 18.6 Å². The van der Waals surface area contributed by atoms with Crippen molar-refractivity contribution in [3.63, 3.8) is 0 Å². The van der Waals surface area contributed by atoms with Crippen molar-refractivity contribution in [2.45, 2.75) is 32.6 Å². The van der Waals surface area contributed by atoms with E-state index >= 15 is 0 Å². The number of carbonyl (C=O) groups is 3. The molecule has 0 heterocycles. The van der Waals surface area contributed by atoms with E-state index in [2.05, 4.69) is 6.92 Å². The molecule has 0 aliphatic carbocycles. The lowest BCUT2D eigenvalue weighted by molar-refractivity contribution is -0.148. The standard InChI is InChI=1S/C15H18O5/c1-2-3-6-9-20-14-8-5-4-7-11(14)12(16)10-13(17)15(18)19/h4-5,7-8H,2-3,6,9-10H2,1H3,(H,18,19). The van der Waals surface area contributed by atoms with Crippen molar-refractivity contribution in [2.24, 2.45) is 0 Å². The highest BCUT2D eigenvalue weighted by Gasteiger charge is 2.20. The molecule has 108 valence electrons. The molecule has 0 aliphatic heterocycles. The molecule has 1 N–H and O–H groups in total. The predicted octanol–water partition coefficient (Wildman–Crippen LogP) is 2.48. The van der Waals surface area contributed by atoms with Crippen LogP contribution in [-0.2, 0) is 9.59 Å². The van der Waals surface area contributed by atoms with Gasteiger partial charge < -0.3 is 9.84 Å². The zero-order chi connectivity index (χ0) is 15.0. The largest absolute Gasteiger partial charge is 0.493 e. The lowest BCUT2D eigenvalue weighted by Gasteiger charge is -2.10. The van der Waals surface area contributed by atoms with E-state index in [-0.39, 0.29) is 5.56 Å². The van der Waals surface area contributed by atoms with Crippen LogP contribution in [0.15, 0.2) is 24.3 Å². The van der Waals surface area contributed by atoms with Gasteiger partial charge >= 0.3 is 5.97 Å². The Morgan fingerprint density at radius 2 is 1.85 bits per heavy atom. The second-order valence-corrected chi connectivity index (χ2v) is 4.38. The first kappa shape index (κ1) is 15.9. The minimum absolute atomic E-state index is 0.249. The third kappa shape index (κ3) is 4.84. The molecule has 1 rings (SSSR count). The Kier molecular flexibility index (Phi) is 6.43. The molecule has 0 atom stereocenters. The van der Waals surface area contributed by atoms with Gasteiger partial charge in [-0.3, -0.25) is 9.59 Å². The number of para-hydroxylation sites is 1. The Hall–Kier alpha value is -2.17. The summed E-state index contributed by atoms with van der Waals surface area (Å²) in [5, 5.41) is 8.51. The summed E-state index contributed by atoms with van der Waals surface area (Å²) in [6, 6.07) is 6.55. The quantitative estimate of drug-likeness (QED) is 0.325. The van der Waals surface area contributed by atoms with E-state index < -0.39 is 24.0 Å². The first-order chi connectivity index (χ1) is 9.56. The van der Waals surface area contributed by atoms with Crippen molar-refractivity contribution in [1.29, 1.82) is 0 Å². The van der Waals surface area contributed by atoms with Gasteiger partial charge in [-0.15, -0.1) is 0 Å². The Morgan fingerprint density at radius 3 is 2.50 bits per heavy atom. The van der Waals surface area contributed by atoms with Crippen LogP contribution in [-0.4, -0.2) is 29.2 Å². The van der Waals surface area contributed by atoms with Crippen molar-refractivity contribution in [2.75, 3.05) is 6.61 Å². The predicted molar refractivity (Wildman–Crippen MR) is 73.1 cm³/mol. The van der Waals surface area contributed by atoms with Crippen LogP contribution in [0.4, 0.5) is 0 Å². The Morgan fingerprint density at radius 1 is 1.15 bits per heavy atom. The first-order valence-electron chi connectivity index (χ1n) is 6.57. The van der Waals surface area contributed by atoms with Crippen LogP contribution in [0.5, 0.6) is 5.75 Å². The minimum atomic E-state index is -1.60. The van der Waals surface area contributed by atoms with Crippen molar-refractivity contribution in [3.05, 3.63) is 29.8 Å². The summed E-state index contributed by atoms with van der Waals surface area (Å²) in [5.41, 5.74) is 0.249. The van der Waals surface area contributed by atoms with Crippen LogP contribution in [0.25, 0.3) is 0 Å². The van der Waals surface area contributed by atoms with Gasteiger partial charge in [0.15, 0.2) is 5.78 Å². The lowest BCUT2D eigenvalue weighted by atomic mass is 10.1. The van der Waals surface area contributed by atoms with E-state index in [4.69, 9.17) is 9.84 Å². The van der Waals surface area contributed by atoms with E-state index in [0.29, 0.717) is 12.4 Å². The summed E-state index contributed by atoms with van der Waals surface area (Å²) in [6.45, 7) is 2.57. The number of hydrogen-bond acceptors (Lipinski definition) is 4. The number of aliphatic carboxylic acids is 1. The van der Waals surface area contributed by atoms with Gasteiger partial charge in [0.25, 0.3) is 0 Å². The zero-order valence-corrected chi connectivity index (χ0v) is 11.4. The fourth-order valence-corrected chi connectivity index (χ4v) is 1.67. The van der Waals surface area contributed by atoms with Crippen LogP contribution < -0.4 is 4.74 Å². The maximum absolute atomic E-state index is 11.9. The van der Waals surface area contributed by atoms with Crippen molar-refractivity contribution >= 4 is 17.5 Å². The Balaban J connectivity index is 2.71. The summed E-state index contributed by atoms with van der Waals surface area (Å²) < 4.78 is 5.52. The van der Waals surface area contributed by atoms with Crippen LogP contribution in [0.3, 0.4) is 0 Å². The maximum Gasteiger partial charge on any atom is 0.372 e. The van der Waals surface area contributed by atoms with Gasteiger partial charge in [0.1, 0.15) is 5.75 Å². The monoisotopic (exact) mass is 278 g/mol. The summed E-state index contributed by atoms with van der Waals surface area (Å²) in [5.74, 6) is -2.86. The summed E-state index contributed by atoms with van der Waals surface area (Å²) in [4.78, 5) is 33.4. The average molecular weight is 278 g/mol. The zero-order valence-electron chi connectivity index (χ0n) is 11.4. The molecule has 0 radical (unpaired) electrons. The molecule has 1 aromatic carbocycles. The molecule has 0 fully saturated rings. The number of rotatable bonds is 9. The van der Waals surface area contributed by atoms with E-state index in [1.807, 2.05) is 0 Å². The minimum Gasteiger partial charge on any atom is -0.493 e. The van der Waals surface area contributed by atoms with Crippen molar-refractivity contribution in [1.82, 2.24) is 0 Å². The molecule has 1 aromatic rings. The van der Waals surface area contributed by atoms with Crippen LogP contribution in [0.1, 0.15) is 43.0 Å². The maximum atomic E-state index is 11.9. The van der Waals surface area contributed by atoms with Crippen molar-refractivity contribution in [3.8, 4) is 5.75 Å². The molecular formula is C15H18O5. The number of carboxylic acids is 1. The second-order valence-electron chi connectivity index (χ2n) is 4.38. The summed E-state index contributed by atoms with van der Waals surface area (Å²) in [7, 11) is 0. The number of unbranched alkanes of at least 4 members (excludes halogenated alkanes) is 2. The van der Waals surface area contributed by atoms with E-state index in [9.17, 15) is 14.4 Å². The normalized spacial score (nSPS) is 10.1. The van der Waals surface area contributed by atoms with Gasteiger partial charge in [-0.25, -0.2) is 4.79 Å². The molecule has 20 heavy (non-hydrogen) atoms. The molecule has 5 heteroatoms. The van der Waals surface area contributed by atoms with E-state index in [1.54, 1.807) is 18.2 Å². The van der Waals surface area contributed by atoms with Gasteiger partial charge in [0, 0.05) is 0 Å². The third-order valence-corrected chi connectivity index (χ3v) is 2.75. The Labute approximate surface area is 117 Å². The molecule has 0 spiro atoms. The van der Waals surface area contributed by atoms with Gasteiger partial charge in [0.2, 0.25) is 5.78 Å². The van der Waals surface area contributed by atoms with Gasteiger partial charge in [-0.05, 0) is 18.6 Å². The highest BCUT2D eigenvalue weighted by atomic mass is 16.5. The fraction of sp³-hybridized carbons (Fsp3) is 0.400. The molecule has 0 unspecified atom stereocenters. The summed E-state index contributed by atoms with van der Waals surface area (Å²) >= 11 is 0. The SMILES string of the molecule is CCCCCOc1ccccc1C(=O)CC(=O)C(=O)O. The summed E-state index contributed by atoms with van der Waals surface area (Å²) in [6.07, 6.45) is 2.34. The highest BCUT2D eigenvalue weighted by molar-refractivity contribution is 6.37. The average Bonchev–Trinajstić information content (AvgIpc) is 2.43. The fourth-order valence-electron chi connectivity index (χ4n) is 1.67. The first-order valence-corrected chi connectivity index (χ1v) is 6.57. The number of carbonyl (C=O) groups excluding carboxylic acids is 2. The number of benzene rings is 1. The number of ether oxygens (including phenoxy) is 1. The molecule has 5 nitrogen and oxygen atoms in total. The molecule has 0 bridgehead atoms. The van der Waals surface area contributed by atoms with Crippen LogP contribution in [0.2, 0.25) is 0 Å². The third-order valence-electron chi connectivity index (χ3n) is 2.75. The number of Topliss-reactive ketones (excluding diaryl/α,β-unsaturated/α-hetero) is 2. The molecule has 0 aromatic heterocycles. The number of ketones is 2. The van der Waals surface area contributed by atoms with Crippen molar-refractivity contribution < 1.29 is 24.2 Å². The molecule has 0 aliphatic rings. The van der Waals surface area contributed by atoms with E-state index in [0.717, 1.165) is 19.3 Å². The van der Waals surface area contributed by atoms with E-state index in [1.165, 1.54) is 6.07 Å². The number of hydrogen-bond donors (Lipinski definition) is 1. The highest BCUT2D eigenvalue weighted by Crippen LogP contribution is 2.20. The van der Waals surface area contributed by atoms with Crippen LogP contribution in [0, 0.1) is 0 Å². The number of carboxylic acid groups (broad SMARTS) is 1. The van der Waals surface area contributed by atoms with Crippen LogP contribution >= 0.6 is 0 Å². The Bertz CT molecular complexity index is 493. The molecule has 0 amide bonds. The molecule has 0 saturated carbocycles. The van der Waals surface area contributed by atoms with Gasteiger partial charge in [-0.2, -0.15) is 0 Å². The molecular weight excluding hydrogens is 260 g/mol. The topological polar surface area (TPSA) is 80.7 Å². The second kappa shape index (κ2) is 8.09. The van der Waals surface area contributed by atoms with Gasteiger partial charge in [-0.1, -0.05) is 31.9 Å².